The highest BCUT2D eigenvalue weighted by molar-refractivity contribution is 9.10. The van der Waals surface area contributed by atoms with Crippen molar-refractivity contribution in [3.63, 3.8) is 0 Å². The summed E-state index contributed by atoms with van der Waals surface area (Å²) in [6, 6.07) is 9.37. The Labute approximate surface area is 127 Å². The third-order valence-electron chi connectivity index (χ3n) is 2.83. The Morgan fingerprint density at radius 1 is 1.30 bits per heavy atom. The maximum absolute atomic E-state index is 11.9. The molecule has 0 saturated carbocycles. The van der Waals surface area contributed by atoms with E-state index in [0.717, 1.165) is 15.7 Å². The number of aryl methyl sites for hydroxylation is 1. The fourth-order valence-electron chi connectivity index (χ4n) is 1.84. The minimum absolute atomic E-state index is 0.260. The molecule has 0 bridgehead atoms. The van der Waals surface area contributed by atoms with E-state index in [0.29, 0.717) is 15.3 Å². The lowest BCUT2D eigenvalue weighted by Crippen LogP contribution is -2.08. The van der Waals surface area contributed by atoms with Crippen LogP contribution in [0.1, 0.15) is 5.56 Å². The molecular weight excluding hydrogens is 338 g/mol. The smallest absolute Gasteiger partial charge is 0.282 e. The van der Waals surface area contributed by atoms with Crippen LogP contribution in [0.2, 0.25) is 0 Å². The summed E-state index contributed by atoms with van der Waals surface area (Å²) in [6.07, 6.45) is 1.67. The Kier molecular flexibility index (Phi) is 3.50. The van der Waals surface area contributed by atoms with Crippen molar-refractivity contribution >= 4 is 48.3 Å². The predicted molar refractivity (Wildman–Crippen MR) is 85.8 cm³/mol. The zero-order chi connectivity index (χ0) is 14.1. The second-order valence-corrected chi connectivity index (χ2v) is 6.16. The molecule has 1 N–H and O–H groups in total. The average molecular weight is 348 g/mol. The maximum Gasteiger partial charge on any atom is 0.282 e. The second-order valence-electron chi connectivity index (χ2n) is 4.26. The van der Waals surface area contributed by atoms with Gasteiger partial charge in [0, 0.05) is 16.4 Å². The molecule has 3 aromatic rings. The Morgan fingerprint density at radius 2 is 2.15 bits per heavy atom. The number of pyridine rings is 1. The van der Waals surface area contributed by atoms with E-state index in [1.54, 1.807) is 18.3 Å². The third kappa shape index (κ3) is 2.57. The summed E-state index contributed by atoms with van der Waals surface area (Å²) in [5.74, 6) is 0. The number of anilines is 2. The van der Waals surface area contributed by atoms with Gasteiger partial charge in [0.15, 0.2) is 5.13 Å². The van der Waals surface area contributed by atoms with Gasteiger partial charge in [0.2, 0.25) is 0 Å². The maximum atomic E-state index is 11.9. The van der Waals surface area contributed by atoms with Crippen molar-refractivity contribution in [2.75, 3.05) is 5.32 Å². The Balaban J connectivity index is 2.05. The van der Waals surface area contributed by atoms with Crippen LogP contribution in [0.3, 0.4) is 0 Å². The number of rotatable bonds is 2. The molecule has 0 amide bonds. The topological polar surface area (TPSA) is 54.9 Å². The van der Waals surface area contributed by atoms with Crippen LogP contribution in [0.5, 0.6) is 0 Å². The van der Waals surface area contributed by atoms with Crippen molar-refractivity contribution < 1.29 is 0 Å². The molecule has 0 unspecified atom stereocenters. The molecule has 0 saturated heterocycles. The first-order valence-corrected chi connectivity index (χ1v) is 7.53. The zero-order valence-electron chi connectivity index (χ0n) is 10.6. The van der Waals surface area contributed by atoms with E-state index in [-0.39, 0.29) is 5.56 Å². The lowest BCUT2D eigenvalue weighted by Gasteiger charge is -2.08. The van der Waals surface area contributed by atoms with Crippen molar-refractivity contribution in [2.45, 2.75) is 6.92 Å². The van der Waals surface area contributed by atoms with Crippen LogP contribution in [0.15, 0.2) is 45.8 Å². The Hall–Kier alpha value is -1.79. The molecule has 100 valence electrons. The molecule has 0 aliphatic heterocycles. The van der Waals surface area contributed by atoms with Gasteiger partial charge in [-0.3, -0.25) is 4.79 Å². The van der Waals surface area contributed by atoms with Gasteiger partial charge in [0.25, 0.3) is 5.56 Å². The average Bonchev–Trinajstić information content (AvgIpc) is 2.42. The van der Waals surface area contributed by atoms with Crippen molar-refractivity contribution in [2.24, 2.45) is 0 Å². The first-order chi connectivity index (χ1) is 9.63. The fourth-order valence-corrected chi connectivity index (χ4v) is 3.16. The van der Waals surface area contributed by atoms with E-state index in [2.05, 4.69) is 31.2 Å². The van der Waals surface area contributed by atoms with Crippen LogP contribution in [0.25, 0.3) is 10.2 Å². The standard InChI is InChI=1S/C14H10BrN3OS/c1-8-7-9(15)4-5-11(8)17-14-18-12(19)10-3-2-6-16-13(10)20-14/h2-7H,1H3,(H,17,18,19). The lowest BCUT2D eigenvalue weighted by atomic mass is 10.2. The summed E-state index contributed by atoms with van der Waals surface area (Å²) < 4.78 is 1.02. The van der Waals surface area contributed by atoms with Crippen molar-refractivity contribution in [1.82, 2.24) is 9.97 Å². The van der Waals surface area contributed by atoms with E-state index in [1.807, 2.05) is 25.1 Å². The third-order valence-corrected chi connectivity index (χ3v) is 4.23. The van der Waals surface area contributed by atoms with Crippen LogP contribution >= 0.6 is 27.3 Å². The number of fused-ring (bicyclic) bond motifs is 1. The van der Waals surface area contributed by atoms with Gasteiger partial charge >= 0.3 is 0 Å². The first-order valence-electron chi connectivity index (χ1n) is 5.92. The number of nitrogens with one attached hydrogen (secondary N) is 1. The van der Waals surface area contributed by atoms with Gasteiger partial charge in [-0.15, -0.1) is 0 Å². The largest absolute Gasteiger partial charge is 0.331 e. The molecule has 0 aliphatic rings. The molecule has 4 nitrogen and oxygen atoms in total. The number of nitrogens with zero attached hydrogens (tertiary/aromatic N) is 2. The van der Waals surface area contributed by atoms with Crippen LogP contribution in [-0.2, 0) is 0 Å². The first kappa shape index (κ1) is 13.2. The second kappa shape index (κ2) is 5.30. The molecule has 20 heavy (non-hydrogen) atoms. The van der Waals surface area contributed by atoms with Crippen molar-refractivity contribution in [3.05, 3.63) is 56.9 Å². The van der Waals surface area contributed by atoms with Gasteiger partial charge in [-0.05, 0) is 42.8 Å². The van der Waals surface area contributed by atoms with E-state index >= 15 is 0 Å². The molecule has 0 atom stereocenters. The number of benzene rings is 1. The minimum Gasteiger partial charge on any atom is -0.331 e. The summed E-state index contributed by atoms with van der Waals surface area (Å²) in [4.78, 5) is 20.9. The van der Waals surface area contributed by atoms with Gasteiger partial charge in [-0.1, -0.05) is 27.3 Å². The highest BCUT2D eigenvalue weighted by Gasteiger charge is 2.06. The molecule has 0 radical (unpaired) electrons. The Morgan fingerprint density at radius 3 is 2.95 bits per heavy atom. The summed E-state index contributed by atoms with van der Waals surface area (Å²) in [5.41, 5.74) is 1.73. The van der Waals surface area contributed by atoms with Crippen LogP contribution in [-0.4, -0.2) is 9.97 Å². The molecule has 0 aliphatic carbocycles. The van der Waals surface area contributed by atoms with Crippen LogP contribution < -0.4 is 10.9 Å². The monoisotopic (exact) mass is 347 g/mol. The summed E-state index contributed by atoms with van der Waals surface area (Å²) in [6.45, 7) is 2.00. The molecule has 1 aromatic carbocycles. The van der Waals surface area contributed by atoms with Gasteiger partial charge in [0.1, 0.15) is 4.83 Å². The summed E-state index contributed by atoms with van der Waals surface area (Å²) >= 11 is 4.79. The van der Waals surface area contributed by atoms with Gasteiger partial charge in [0.05, 0.1) is 5.39 Å². The Bertz CT molecular complexity index is 847. The van der Waals surface area contributed by atoms with Gasteiger partial charge in [-0.25, -0.2) is 4.98 Å². The van der Waals surface area contributed by atoms with E-state index in [1.165, 1.54) is 11.3 Å². The zero-order valence-corrected chi connectivity index (χ0v) is 13.0. The highest BCUT2D eigenvalue weighted by atomic mass is 79.9. The highest BCUT2D eigenvalue weighted by Crippen LogP contribution is 2.26. The van der Waals surface area contributed by atoms with E-state index < -0.39 is 0 Å². The number of hydrogen-bond acceptors (Lipinski definition) is 5. The normalized spacial score (nSPS) is 10.7. The molecule has 3 rings (SSSR count). The van der Waals surface area contributed by atoms with E-state index in [4.69, 9.17) is 0 Å². The lowest BCUT2D eigenvalue weighted by molar-refractivity contribution is 1.28. The molecule has 2 aromatic heterocycles. The fraction of sp³-hybridized carbons (Fsp3) is 0.0714. The minimum atomic E-state index is -0.260. The van der Waals surface area contributed by atoms with Crippen molar-refractivity contribution in [1.29, 1.82) is 0 Å². The number of halogens is 1. The molecule has 2 heterocycles. The molecule has 0 spiro atoms. The van der Waals surface area contributed by atoms with Crippen molar-refractivity contribution in [3.8, 4) is 0 Å². The summed E-state index contributed by atoms with van der Waals surface area (Å²) in [7, 11) is 0. The van der Waals surface area contributed by atoms with Gasteiger partial charge in [-0.2, -0.15) is 4.98 Å². The molecular formula is C14H10BrN3OS. The molecule has 6 heteroatoms. The van der Waals surface area contributed by atoms with Crippen LogP contribution in [0.4, 0.5) is 10.8 Å². The van der Waals surface area contributed by atoms with Crippen LogP contribution in [0, 0.1) is 6.92 Å². The number of aromatic nitrogens is 2. The number of hydrogen-bond donors (Lipinski definition) is 1. The molecule has 0 fully saturated rings. The van der Waals surface area contributed by atoms with E-state index in [9.17, 15) is 4.79 Å². The summed E-state index contributed by atoms with van der Waals surface area (Å²) in [5, 5.41) is 4.28. The van der Waals surface area contributed by atoms with Gasteiger partial charge < -0.3 is 5.32 Å². The quantitative estimate of drug-likeness (QED) is 0.764. The SMILES string of the molecule is Cc1cc(Br)ccc1Nc1nc(=O)c2cccnc2s1. The predicted octanol–water partition coefficient (Wildman–Crippen LogP) is 3.87.